The third-order valence-corrected chi connectivity index (χ3v) is 3.59. The third-order valence-electron chi connectivity index (χ3n) is 1.99. The molecule has 1 aromatic heterocycles. The van der Waals surface area contributed by atoms with Crippen LogP contribution in [0.15, 0.2) is 29.8 Å². The minimum absolute atomic E-state index is 0.0728. The molecule has 2 rings (SSSR count). The summed E-state index contributed by atoms with van der Waals surface area (Å²) in [5, 5.41) is 8.53. The Morgan fingerprint density at radius 3 is 2.44 bits per heavy atom. The van der Waals surface area contributed by atoms with Gasteiger partial charge in [-0.3, -0.25) is 0 Å². The van der Waals surface area contributed by atoms with E-state index in [4.69, 9.17) is 0 Å². The van der Waals surface area contributed by atoms with Crippen LogP contribution in [0.5, 0.6) is 0 Å². The number of nitrogens with zero attached hydrogens (tertiary/aromatic N) is 2. The van der Waals surface area contributed by atoms with Crippen molar-refractivity contribution in [3.8, 4) is 10.6 Å². The fourth-order valence-corrected chi connectivity index (χ4v) is 2.70. The van der Waals surface area contributed by atoms with Gasteiger partial charge in [-0.15, -0.1) is 10.2 Å². The van der Waals surface area contributed by atoms with Crippen LogP contribution in [0.3, 0.4) is 0 Å². The van der Waals surface area contributed by atoms with Crippen LogP contribution in [0, 0.1) is 0 Å². The number of hydrogen-bond acceptors (Lipinski definition) is 5. The third kappa shape index (κ3) is 2.86. The second kappa shape index (κ2) is 4.31. The molecular formula is C10H10N2O2S2. The number of benzene rings is 1. The van der Waals surface area contributed by atoms with E-state index in [9.17, 15) is 8.42 Å². The van der Waals surface area contributed by atoms with Crippen molar-refractivity contribution in [2.24, 2.45) is 0 Å². The van der Waals surface area contributed by atoms with Gasteiger partial charge >= 0.3 is 0 Å². The highest BCUT2D eigenvalue weighted by atomic mass is 32.2. The molecule has 0 atom stereocenters. The van der Waals surface area contributed by atoms with E-state index in [0.29, 0.717) is 0 Å². The Labute approximate surface area is 97.9 Å². The summed E-state index contributed by atoms with van der Waals surface area (Å²) in [4.78, 5) is 0. The Morgan fingerprint density at radius 2 is 1.94 bits per heavy atom. The highest BCUT2D eigenvalue weighted by Gasteiger charge is 2.05. The molecule has 84 valence electrons. The van der Waals surface area contributed by atoms with Gasteiger partial charge in [-0.1, -0.05) is 35.6 Å². The van der Waals surface area contributed by atoms with E-state index in [0.717, 1.165) is 16.1 Å². The minimum atomic E-state index is -2.97. The van der Waals surface area contributed by atoms with E-state index in [1.165, 1.54) is 17.6 Å². The van der Waals surface area contributed by atoms with Gasteiger partial charge in [-0.2, -0.15) is 0 Å². The molecule has 0 bridgehead atoms. The molecule has 0 radical (unpaired) electrons. The van der Waals surface area contributed by atoms with Crippen molar-refractivity contribution < 1.29 is 8.42 Å². The summed E-state index contributed by atoms with van der Waals surface area (Å²) < 4.78 is 22.2. The van der Waals surface area contributed by atoms with Crippen LogP contribution in [0.25, 0.3) is 10.6 Å². The van der Waals surface area contributed by atoms with E-state index in [1.54, 1.807) is 17.6 Å². The molecule has 1 aromatic carbocycles. The van der Waals surface area contributed by atoms with Crippen molar-refractivity contribution in [2.75, 3.05) is 6.26 Å². The summed E-state index contributed by atoms with van der Waals surface area (Å²) >= 11 is 1.45. The fraction of sp³-hybridized carbons (Fsp3) is 0.200. The number of aromatic nitrogens is 2. The van der Waals surface area contributed by atoms with Crippen LogP contribution < -0.4 is 0 Å². The standard InChI is InChI=1S/C10H10N2O2S2/c1-16(13,14)6-8-2-4-9(5-3-8)10-12-11-7-15-10/h2-5,7H,6H2,1H3. The molecule has 0 aliphatic heterocycles. The van der Waals surface area contributed by atoms with Crippen molar-refractivity contribution in [3.05, 3.63) is 35.3 Å². The first-order valence-electron chi connectivity index (χ1n) is 4.58. The largest absolute Gasteiger partial charge is 0.229 e. The van der Waals surface area contributed by atoms with Gasteiger partial charge in [0.25, 0.3) is 0 Å². The van der Waals surface area contributed by atoms with Gasteiger partial charge in [-0.05, 0) is 5.56 Å². The predicted molar refractivity (Wildman–Crippen MR) is 63.9 cm³/mol. The molecule has 0 saturated carbocycles. The van der Waals surface area contributed by atoms with Crippen LogP contribution >= 0.6 is 11.3 Å². The summed E-state index contributed by atoms with van der Waals surface area (Å²) in [5.41, 5.74) is 3.41. The Bertz CT molecular complexity index is 559. The fourth-order valence-electron chi connectivity index (χ4n) is 1.35. The smallest absolute Gasteiger partial charge is 0.151 e. The Morgan fingerprint density at radius 1 is 1.25 bits per heavy atom. The average Bonchev–Trinajstić information content (AvgIpc) is 2.69. The molecule has 0 aliphatic rings. The van der Waals surface area contributed by atoms with E-state index in [-0.39, 0.29) is 5.75 Å². The predicted octanol–water partition coefficient (Wildman–Crippen LogP) is 1.75. The molecule has 4 nitrogen and oxygen atoms in total. The Hall–Kier alpha value is -1.27. The van der Waals surface area contributed by atoms with Gasteiger partial charge in [0.05, 0.1) is 5.75 Å². The monoisotopic (exact) mass is 254 g/mol. The van der Waals surface area contributed by atoms with Crippen molar-refractivity contribution in [1.82, 2.24) is 10.2 Å². The number of rotatable bonds is 3. The highest BCUT2D eigenvalue weighted by molar-refractivity contribution is 7.89. The van der Waals surface area contributed by atoms with Gasteiger partial charge in [0, 0.05) is 11.8 Å². The average molecular weight is 254 g/mol. The summed E-state index contributed by atoms with van der Waals surface area (Å²) in [5.74, 6) is 0.0728. The van der Waals surface area contributed by atoms with Crippen molar-refractivity contribution >= 4 is 21.2 Å². The molecule has 0 fully saturated rings. The van der Waals surface area contributed by atoms with E-state index >= 15 is 0 Å². The van der Waals surface area contributed by atoms with Gasteiger partial charge < -0.3 is 0 Å². The van der Waals surface area contributed by atoms with E-state index < -0.39 is 9.84 Å². The molecule has 0 aliphatic carbocycles. The van der Waals surface area contributed by atoms with Crippen LogP contribution in [0.2, 0.25) is 0 Å². The van der Waals surface area contributed by atoms with E-state index in [1.807, 2.05) is 12.1 Å². The van der Waals surface area contributed by atoms with Crippen LogP contribution in [-0.4, -0.2) is 24.9 Å². The zero-order chi connectivity index (χ0) is 11.6. The normalized spacial score (nSPS) is 11.6. The lowest BCUT2D eigenvalue weighted by Crippen LogP contribution is -2.00. The van der Waals surface area contributed by atoms with Gasteiger partial charge in [-0.25, -0.2) is 8.42 Å². The maximum Gasteiger partial charge on any atom is 0.151 e. The Kier molecular flexibility index (Phi) is 3.02. The summed E-state index contributed by atoms with van der Waals surface area (Å²) in [6.45, 7) is 0. The van der Waals surface area contributed by atoms with Crippen molar-refractivity contribution in [2.45, 2.75) is 5.75 Å². The van der Waals surface area contributed by atoms with Gasteiger partial charge in [0.15, 0.2) is 9.84 Å². The first-order valence-corrected chi connectivity index (χ1v) is 7.52. The topological polar surface area (TPSA) is 59.9 Å². The maximum atomic E-state index is 11.1. The minimum Gasteiger partial charge on any atom is -0.229 e. The molecule has 1 heterocycles. The van der Waals surface area contributed by atoms with Crippen LogP contribution in [0.4, 0.5) is 0 Å². The lowest BCUT2D eigenvalue weighted by molar-refractivity contribution is 0.601. The SMILES string of the molecule is CS(=O)(=O)Cc1ccc(-c2nncs2)cc1. The molecule has 0 saturated heterocycles. The summed E-state index contributed by atoms with van der Waals surface area (Å²) in [6.07, 6.45) is 1.23. The van der Waals surface area contributed by atoms with Crippen LogP contribution in [-0.2, 0) is 15.6 Å². The molecule has 0 spiro atoms. The Balaban J connectivity index is 2.24. The first-order chi connectivity index (χ1) is 7.54. The number of hydrogen-bond donors (Lipinski definition) is 0. The zero-order valence-electron chi connectivity index (χ0n) is 8.62. The lowest BCUT2D eigenvalue weighted by Gasteiger charge is -2.00. The van der Waals surface area contributed by atoms with Crippen molar-refractivity contribution in [1.29, 1.82) is 0 Å². The maximum absolute atomic E-state index is 11.1. The molecule has 0 N–H and O–H groups in total. The second-order valence-electron chi connectivity index (χ2n) is 3.51. The molecule has 6 heteroatoms. The molecule has 2 aromatic rings. The first kappa shape index (κ1) is 11.2. The van der Waals surface area contributed by atoms with Gasteiger partial charge in [0.1, 0.15) is 10.5 Å². The summed E-state index contributed by atoms with van der Waals surface area (Å²) in [7, 11) is -2.97. The molecule has 16 heavy (non-hydrogen) atoms. The molecule has 0 unspecified atom stereocenters. The molecular weight excluding hydrogens is 244 g/mol. The van der Waals surface area contributed by atoms with Gasteiger partial charge in [0.2, 0.25) is 0 Å². The zero-order valence-corrected chi connectivity index (χ0v) is 10.3. The van der Waals surface area contributed by atoms with Crippen molar-refractivity contribution in [3.63, 3.8) is 0 Å². The van der Waals surface area contributed by atoms with Crippen LogP contribution in [0.1, 0.15) is 5.56 Å². The quantitative estimate of drug-likeness (QED) is 0.837. The second-order valence-corrected chi connectivity index (χ2v) is 6.48. The van der Waals surface area contributed by atoms with E-state index in [2.05, 4.69) is 10.2 Å². The summed E-state index contributed by atoms with van der Waals surface area (Å²) in [6, 6.07) is 7.33. The highest BCUT2D eigenvalue weighted by Crippen LogP contribution is 2.21. The molecule has 0 amide bonds. The number of sulfone groups is 1. The lowest BCUT2D eigenvalue weighted by atomic mass is 10.2.